The molecule has 0 aromatic heterocycles. The summed E-state index contributed by atoms with van der Waals surface area (Å²) in [7, 11) is 0. The molecular formula is C18H25N3O3. The van der Waals surface area contributed by atoms with E-state index in [0.717, 1.165) is 31.5 Å². The summed E-state index contributed by atoms with van der Waals surface area (Å²) in [6.45, 7) is 5.00. The normalized spacial score (nSPS) is 22.4. The lowest BCUT2D eigenvalue weighted by atomic mass is 10.0. The molecule has 0 unspecified atom stereocenters. The fourth-order valence-electron chi connectivity index (χ4n) is 3.37. The van der Waals surface area contributed by atoms with Gasteiger partial charge in [-0.05, 0) is 25.3 Å². The fraction of sp³-hybridized carbons (Fsp3) is 0.556. The Kier molecular flexibility index (Phi) is 5.35. The van der Waals surface area contributed by atoms with Gasteiger partial charge in [-0.1, -0.05) is 30.3 Å². The van der Waals surface area contributed by atoms with E-state index in [4.69, 9.17) is 4.74 Å². The zero-order chi connectivity index (χ0) is 16.9. The van der Waals surface area contributed by atoms with E-state index in [9.17, 15) is 9.59 Å². The number of nitrogens with one attached hydrogen (secondary N) is 1. The molecule has 1 aromatic carbocycles. The predicted octanol–water partition coefficient (Wildman–Crippen LogP) is 1.61. The first-order valence-electron chi connectivity index (χ1n) is 8.64. The lowest BCUT2D eigenvalue weighted by molar-refractivity contribution is -0.145. The average molecular weight is 331 g/mol. The van der Waals surface area contributed by atoms with Gasteiger partial charge in [0.25, 0.3) is 5.91 Å². The quantitative estimate of drug-likeness (QED) is 0.892. The first kappa shape index (κ1) is 16.8. The number of amides is 3. The molecule has 3 rings (SSSR count). The molecule has 3 amide bonds. The van der Waals surface area contributed by atoms with Crippen molar-refractivity contribution >= 4 is 11.9 Å². The third-order valence-electron chi connectivity index (χ3n) is 4.73. The molecule has 0 aliphatic carbocycles. The molecule has 0 spiro atoms. The highest BCUT2D eigenvalue weighted by Crippen LogP contribution is 2.19. The lowest BCUT2D eigenvalue weighted by Crippen LogP contribution is -2.52. The zero-order valence-electron chi connectivity index (χ0n) is 14.1. The lowest BCUT2D eigenvalue weighted by Gasteiger charge is -2.38. The summed E-state index contributed by atoms with van der Waals surface area (Å²) in [4.78, 5) is 28.2. The van der Waals surface area contributed by atoms with Crippen molar-refractivity contribution in [3.8, 4) is 0 Å². The van der Waals surface area contributed by atoms with E-state index in [-0.39, 0.29) is 18.0 Å². The van der Waals surface area contributed by atoms with Crippen molar-refractivity contribution in [1.82, 2.24) is 15.1 Å². The maximum absolute atomic E-state index is 12.6. The summed E-state index contributed by atoms with van der Waals surface area (Å²) in [6, 6.07) is 9.96. The zero-order valence-corrected chi connectivity index (χ0v) is 14.1. The molecule has 2 saturated heterocycles. The largest absolute Gasteiger partial charge is 0.364 e. The number of urea groups is 1. The van der Waals surface area contributed by atoms with Crippen LogP contribution < -0.4 is 5.32 Å². The van der Waals surface area contributed by atoms with E-state index in [2.05, 4.69) is 5.32 Å². The molecule has 6 heteroatoms. The summed E-state index contributed by atoms with van der Waals surface area (Å²) < 4.78 is 5.74. The number of rotatable bonds is 5. The average Bonchev–Trinajstić information content (AvgIpc) is 3.06. The van der Waals surface area contributed by atoms with Gasteiger partial charge in [0.1, 0.15) is 6.10 Å². The van der Waals surface area contributed by atoms with Crippen LogP contribution in [0.5, 0.6) is 0 Å². The Balaban J connectivity index is 1.52. The summed E-state index contributed by atoms with van der Waals surface area (Å²) in [5.41, 5.74) is 1.06. The SMILES string of the molecule is C[C@H](OCc1ccccc1)C(=O)N1CCC[C@H](N2CCNC2=O)C1. The van der Waals surface area contributed by atoms with Crippen LogP contribution in [-0.2, 0) is 16.1 Å². The molecule has 1 aromatic rings. The van der Waals surface area contributed by atoms with E-state index >= 15 is 0 Å². The highest BCUT2D eigenvalue weighted by Gasteiger charge is 2.34. The molecule has 2 heterocycles. The molecule has 6 nitrogen and oxygen atoms in total. The molecule has 2 aliphatic heterocycles. The van der Waals surface area contributed by atoms with E-state index < -0.39 is 6.10 Å². The van der Waals surface area contributed by atoms with E-state index in [1.54, 1.807) is 6.92 Å². The van der Waals surface area contributed by atoms with Gasteiger partial charge in [-0.25, -0.2) is 4.79 Å². The summed E-state index contributed by atoms with van der Waals surface area (Å²) in [6.07, 6.45) is 1.40. The third kappa shape index (κ3) is 3.87. The van der Waals surface area contributed by atoms with Gasteiger partial charge in [-0.3, -0.25) is 4.79 Å². The van der Waals surface area contributed by atoms with Crippen molar-refractivity contribution in [3.63, 3.8) is 0 Å². The van der Waals surface area contributed by atoms with E-state index in [1.807, 2.05) is 40.1 Å². The molecular weight excluding hydrogens is 306 g/mol. The first-order chi connectivity index (χ1) is 11.6. The second kappa shape index (κ2) is 7.66. The van der Waals surface area contributed by atoms with Gasteiger partial charge in [-0.2, -0.15) is 0 Å². The summed E-state index contributed by atoms with van der Waals surface area (Å²) >= 11 is 0. The molecule has 24 heavy (non-hydrogen) atoms. The van der Waals surface area contributed by atoms with Crippen LogP contribution in [0.25, 0.3) is 0 Å². The molecule has 0 saturated carbocycles. The van der Waals surface area contributed by atoms with Gasteiger partial charge in [0.15, 0.2) is 0 Å². The maximum Gasteiger partial charge on any atom is 0.317 e. The maximum atomic E-state index is 12.6. The summed E-state index contributed by atoms with van der Waals surface area (Å²) in [5.74, 6) is 0.00948. The van der Waals surface area contributed by atoms with Gasteiger partial charge in [0, 0.05) is 26.2 Å². The number of likely N-dealkylation sites (tertiary alicyclic amines) is 1. The van der Waals surface area contributed by atoms with Crippen LogP contribution in [-0.4, -0.2) is 60.1 Å². The first-order valence-corrected chi connectivity index (χ1v) is 8.64. The molecule has 2 aliphatic rings. The molecule has 2 fully saturated rings. The van der Waals surface area contributed by atoms with Crippen molar-refractivity contribution in [1.29, 1.82) is 0 Å². The van der Waals surface area contributed by atoms with Crippen molar-refractivity contribution in [2.24, 2.45) is 0 Å². The third-order valence-corrected chi connectivity index (χ3v) is 4.73. The van der Waals surface area contributed by atoms with E-state index in [1.165, 1.54) is 0 Å². The van der Waals surface area contributed by atoms with Gasteiger partial charge < -0.3 is 19.9 Å². The number of ether oxygens (including phenoxy) is 1. The number of benzene rings is 1. The second-order valence-electron chi connectivity index (χ2n) is 6.44. The minimum absolute atomic E-state index is 0.00948. The Morgan fingerprint density at radius 2 is 2.12 bits per heavy atom. The Bertz CT molecular complexity index is 578. The fourth-order valence-corrected chi connectivity index (χ4v) is 3.37. The van der Waals surface area contributed by atoms with E-state index in [0.29, 0.717) is 19.7 Å². The number of hydrogen-bond acceptors (Lipinski definition) is 3. The monoisotopic (exact) mass is 331 g/mol. The number of piperidine rings is 1. The number of carbonyl (C=O) groups is 2. The highest BCUT2D eigenvalue weighted by atomic mass is 16.5. The Morgan fingerprint density at radius 1 is 1.33 bits per heavy atom. The minimum Gasteiger partial charge on any atom is -0.364 e. The van der Waals surface area contributed by atoms with Crippen LogP contribution >= 0.6 is 0 Å². The van der Waals surface area contributed by atoms with Crippen molar-refractivity contribution in [2.75, 3.05) is 26.2 Å². The number of nitrogens with zero attached hydrogens (tertiary/aromatic N) is 2. The van der Waals surface area contributed by atoms with Crippen molar-refractivity contribution < 1.29 is 14.3 Å². The second-order valence-corrected chi connectivity index (χ2v) is 6.44. The van der Waals surface area contributed by atoms with Crippen molar-refractivity contribution in [2.45, 2.75) is 38.5 Å². The Morgan fingerprint density at radius 3 is 2.83 bits per heavy atom. The van der Waals surface area contributed by atoms with Crippen LogP contribution in [0.4, 0.5) is 4.79 Å². The van der Waals surface area contributed by atoms with Gasteiger partial charge in [0.2, 0.25) is 0 Å². The van der Waals surface area contributed by atoms with Crippen LogP contribution in [0.15, 0.2) is 30.3 Å². The Labute approximate surface area is 142 Å². The number of carbonyl (C=O) groups excluding carboxylic acids is 2. The smallest absolute Gasteiger partial charge is 0.317 e. The van der Waals surface area contributed by atoms with Gasteiger partial charge in [-0.15, -0.1) is 0 Å². The molecule has 0 radical (unpaired) electrons. The molecule has 0 bridgehead atoms. The Hall–Kier alpha value is -2.08. The van der Waals surface area contributed by atoms with Crippen LogP contribution in [0, 0.1) is 0 Å². The van der Waals surface area contributed by atoms with Crippen LogP contribution in [0.2, 0.25) is 0 Å². The van der Waals surface area contributed by atoms with Crippen LogP contribution in [0.3, 0.4) is 0 Å². The standard InChI is InChI=1S/C18H25N3O3/c1-14(24-13-15-6-3-2-4-7-15)17(22)20-10-5-8-16(12-20)21-11-9-19-18(21)23/h2-4,6-7,14,16H,5,8-13H2,1H3,(H,19,23)/t14-,16-/m0/s1. The highest BCUT2D eigenvalue weighted by molar-refractivity contribution is 5.81. The predicted molar refractivity (Wildman–Crippen MR) is 90.4 cm³/mol. The molecule has 2 atom stereocenters. The van der Waals surface area contributed by atoms with Crippen molar-refractivity contribution in [3.05, 3.63) is 35.9 Å². The molecule has 1 N–H and O–H groups in total. The molecule has 130 valence electrons. The van der Waals surface area contributed by atoms with Gasteiger partial charge in [0.05, 0.1) is 12.6 Å². The van der Waals surface area contributed by atoms with Gasteiger partial charge >= 0.3 is 6.03 Å². The summed E-state index contributed by atoms with van der Waals surface area (Å²) in [5, 5.41) is 2.83. The minimum atomic E-state index is -0.476. The topological polar surface area (TPSA) is 61.9 Å². The van der Waals surface area contributed by atoms with Crippen LogP contribution in [0.1, 0.15) is 25.3 Å². The number of hydrogen-bond donors (Lipinski definition) is 1.